The number of aliphatic hydroxyl groups excluding tert-OH is 2. The van der Waals surface area contributed by atoms with Crippen LogP contribution in [0.2, 0.25) is 0 Å². The van der Waals surface area contributed by atoms with Gasteiger partial charge in [0, 0.05) is 44.7 Å². The molecule has 15 atom stereocenters. The van der Waals surface area contributed by atoms with Crippen molar-refractivity contribution in [1.82, 2.24) is 10.1 Å². The molecular formula is C52H80N4O12. The van der Waals surface area contributed by atoms with E-state index in [0.29, 0.717) is 81.9 Å². The number of methoxy groups -OCH3 is 2. The zero-order chi connectivity index (χ0) is 49.7. The van der Waals surface area contributed by atoms with Crippen molar-refractivity contribution in [2.24, 2.45) is 35.3 Å². The van der Waals surface area contributed by atoms with Crippen LogP contribution in [0.1, 0.15) is 125 Å². The summed E-state index contributed by atoms with van der Waals surface area (Å²) in [5, 5.41) is 41.3. The summed E-state index contributed by atoms with van der Waals surface area (Å²) in [4.78, 5) is 58.1. The predicted molar refractivity (Wildman–Crippen MR) is 257 cm³/mol. The Balaban J connectivity index is 1.46. The third kappa shape index (κ3) is 14.5. The number of ether oxygens (including phenoxy) is 4. The van der Waals surface area contributed by atoms with Crippen LogP contribution in [0.15, 0.2) is 64.6 Å². The summed E-state index contributed by atoms with van der Waals surface area (Å²) in [6, 6.07) is -2.00. The zero-order valence-electron chi connectivity index (χ0n) is 41.6. The molecule has 1 amide bonds. The number of cyclic esters (lactones) is 1. The Morgan fingerprint density at radius 2 is 1.69 bits per heavy atom. The topological polar surface area (TPSA) is 233 Å². The average molecular weight is 953 g/mol. The fraction of sp³-hybridized carbons (Fsp3) is 0.712. The second kappa shape index (κ2) is 25.7. The molecule has 380 valence electrons. The van der Waals surface area contributed by atoms with Gasteiger partial charge in [-0.1, -0.05) is 74.9 Å². The molecular weight excluding hydrogens is 873 g/mol. The standard InChI is InChI=1S/C52H80N4O12/c1-31-14-10-9-11-15-32(2)41(55-39-29-54-66-30-39)28-40-20-17-36(6)52(63,68-40)49(60)50(61)56-23-13-12-16-42(56)51(62)67-44(33(3)25-37-18-21-43(57)45(27-37)64-7)22-19-38(53)26-35(5)47(59)48(65-8)46(58)34(4)24-31/h9-11,14-15,26,29-31,33-34,36-38,40-45,47-48,55,57,59,63H,12-13,16-25,27-28,53H2,1-8H3/b11-9+,14-10+,32-15+,35-26+/t31-,33-,34?,36?,37?,38+,40+,41-,42?,43-,44+,45?,47?,48+,52?/m1/s1. The molecule has 1 saturated carbocycles. The predicted octanol–water partition coefficient (Wildman–Crippen LogP) is 6.15. The van der Waals surface area contributed by atoms with Crippen molar-refractivity contribution < 1.29 is 58.0 Å². The number of rotatable bonds is 7. The van der Waals surface area contributed by atoms with Crippen LogP contribution < -0.4 is 11.1 Å². The van der Waals surface area contributed by atoms with Crippen LogP contribution in [0.25, 0.3) is 0 Å². The molecule has 5 rings (SSSR count). The van der Waals surface area contributed by atoms with Gasteiger partial charge in [0.25, 0.3) is 11.7 Å². The minimum atomic E-state index is -2.43. The second-order valence-electron chi connectivity index (χ2n) is 20.3. The molecule has 3 fully saturated rings. The highest BCUT2D eigenvalue weighted by atomic mass is 16.6. The molecule has 1 aromatic heterocycles. The number of hydrogen-bond donors (Lipinski definition) is 5. The van der Waals surface area contributed by atoms with Gasteiger partial charge in [0.15, 0.2) is 5.78 Å². The Hall–Kier alpha value is -4.03. The van der Waals surface area contributed by atoms with E-state index in [1.54, 1.807) is 33.2 Å². The number of Topliss-reactive ketones (excluding diaryl/α,β-unsaturated/α-hetero) is 2. The minimum absolute atomic E-state index is 0.0258. The van der Waals surface area contributed by atoms with Gasteiger partial charge in [-0.3, -0.25) is 14.4 Å². The number of nitrogens with one attached hydrogen (secondary N) is 1. The van der Waals surface area contributed by atoms with Gasteiger partial charge in [0.05, 0.1) is 30.2 Å². The van der Waals surface area contributed by atoms with E-state index < -0.39 is 77.9 Å². The third-order valence-corrected chi connectivity index (χ3v) is 14.9. The summed E-state index contributed by atoms with van der Waals surface area (Å²) in [6.45, 7) is 11.4. The second-order valence-corrected chi connectivity index (χ2v) is 20.3. The van der Waals surface area contributed by atoms with Crippen LogP contribution in [-0.4, -0.2) is 130 Å². The van der Waals surface area contributed by atoms with Crippen molar-refractivity contribution in [2.45, 2.75) is 186 Å². The molecule has 6 N–H and O–H groups in total. The van der Waals surface area contributed by atoms with E-state index in [4.69, 9.17) is 29.2 Å². The molecule has 16 heteroatoms. The lowest BCUT2D eigenvalue weighted by atomic mass is 9.78. The molecule has 0 aromatic carbocycles. The number of anilines is 1. The van der Waals surface area contributed by atoms with Crippen molar-refractivity contribution in [1.29, 1.82) is 0 Å². The van der Waals surface area contributed by atoms with Gasteiger partial charge in [-0.05, 0) is 121 Å². The lowest BCUT2D eigenvalue weighted by molar-refractivity contribution is -0.263. The third-order valence-electron chi connectivity index (χ3n) is 14.9. The number of piperidine rings is 1. The summed E-state index contributed by atoms with van der Waals surface area (Å²) in [7, 11) is 3.00. The van der Waals surface area contributed by atoms with Gasteiger partial charge in [-0.25, -0.2) is 4.79 Å². The lowest BCUT2D eigenvalue weighted by Crippen LogP contribution is -2.61. The summed E-state index contributed by atoms with van der Waals surface area (Å²) in [6.07, 6.45) is 16.6. The highest BCUT2D eigenvalue weighted by Gasteiger charge is 2.53. The van der Waals surface area contributed by atoms with Crippen LogP contribution in [0, 0.1) is 29.6 Å². The molecule has 1 aliphatic carbocycles. The molecule has 1 aromatic rings. The van der Waals surface area contributed by atoms with Gasteiger partial charge in [-0.2, -0.15) is 0 Å². The largest absolute Gasteiger partial charge is 0.461 e. The number of aromatic nitrogens is 1. The first-order chi connectivity index (χ1) is 32.4. The first kappa shape index (κ1) is 54.9. The first-order valence-electron chi connectivity index (χ1n) is 24.9. The summed E-state index contributed by atoms with van der Waals surface area (Å²) >= 11 is 0. The van der Waals surface area contributed by atoms with Crippen LogP contribution in [-0.2, 0) is 38.1 Å². The van der Waals surface area contributed by atoms with Gasteiger partial charge in [0.1, 0.15) is 30.6 Å². The molecule has 2 bridgehead atoms. The molecule has 0 radical (unpaired) electrons. The smallest absolute Gasteiger partial charge is 0.329 e. The number of carbonyl (C=O) groups excluding carboxylic acids is 4. The number of hydrogen-bond acceptors (Lipinski definition) is 15. The van der Waals surface area contributed by atoms with E-state index in [1.807, 2.05) is 58.1 Å². The molecule has 4 aliphatic rings. The summed E-state index contributed by atoms with van der Waals surface area (Å²) in [5.41, 5.74) is 8.71. The van der Waals surface area contributed by atoms with Crippen LogP contribution in [0.3, 0.4) is 0 Å². The molecule has 7 unspecified atom stereocenters. The summed E-state index contributed by atoms with van der Waals surface area (Å²) < 4.78 is 28.9. The molecule has 3 aliphatic heterocycles. The molecule has 0 spiro atoms. The number of esters is 1. The zero-order valence-corrected chi connectivity index (χ0v) is 41.6. The minimum Gasteiger partial charge on any atom is -0.461 e. The Morgan fingerprint density at radius 1 is 0.926 bits per heavy atom. The fourth-order valence-electron chi connectivity index (χ4n) is 10.5. The number of aliphatic hydroxyl groups is 3. The van der Waals surface area contributed by atoms with Gasteiger partial charge in [-0.15, -0.1) is 0 Å². The highest BCUT2D eigenvalue weighted by molar-refractivity contribution is 6.39. The van der Waals surface area contributed by atoms with Gasteiger partial charge < -0.3 is 54.7 Å². The Bertz CT molecular complexity index is 1930. The van der Waals surface area contributed by atoms with Crippen LogP contribution >= 0.6 is 0 Å². The molecule has 16 nitrogen and oxygen atoms in total. The lowest BCUT2D eigenvalue weighted by Gasteiger charge is -2.43. The maximum absolute atomic E-state index is 14.4. The van der Waals surface area contributed by atoms with E-state index >= 15 is 0 Å². The summed E-state index contributed by atoms with van der Waals surface area (Å²) in [5.74, 6) is -6.47. The van der Waals surface area contributed by atoms with Crippen molar-refractivity contribution >= 4 is 29.1 Å². The van der Waals surface area contributed by atoms with E-state index in [0.717, 1.165) is 12.0 Å². The van der Waals surface area contributed by atoms with Crippen molar-refractivity contribution in [3.63, 3.8) is 0 Å². The average Bonchev–Trinajstić information content (AvgIpc) is 3.84. The number of fused-ring (bicyclic) bond motifs is 3. The van der Waals surface area contributed by atoms with Crippen molar-refractivity contribution in [3.05, 3.63) is 60.1 Å². The van der Waals surface area contributed by atoms with Crippen LogP contribution in [0.4, 0.5) is 5.69 Å². The number of carbonyl (C=O) groups is 4. The van der Waals surface area contributed by atoms with E-state index in [-0.39, 0.29) is 48.6 Å². The number of nitrogens with zero attached hydrogens (tertiary/aromatic N) is 2. The van der Waals surface area contributed by atoms with Crippen LogP contribution in [0.5, 0.6) is 0 Å². The molecule has 4 heterocycles. The number of amides is 1. The van der Waals surface area contributed by atoms with E-state index in [2.05, 4.69) is 10.5 Å². The Kier molecular flexibility index (Phi) is 20.8. The molecule has 68 heavy (non-hydrogen) atoms. The van der Waals surface area contributed by atoms with Gasteiger partial charge in [0.2, 0.25) is 5.79 Å². The van der Waals surface area contributed by atoms with Crippen molar-refractivity contribution in [3.8, 4) is 0 Å². The van der Waals surface area contributed by atoms with Gasteiger partial charge >= 0.3 is 5.97 Å². The van der Waals surface area contributed by atoms with E-state index in [9.17, 15) is 34.5 Å². The Morgan fingerprint density at radius 3 is 2.40 bits per heavy atom. The van der Waals surface area contributed by atoms with Crippen molar-refractivity contribution in [2.75, 3.05) is 26.1 Å². The fourth-order valence-corrected chi connectivity index (χ4v) is 10.5. The number of nitrogens with two attached hydrogens (primary N) is 1. The SMILES string of the molecule is COC1CC(C[C@@H](C)[C@@H]2CC[C@H](N)/C=C(\C)C(O)[C@@H](OC)C(=O)C(C)C[C@H](C)/C=C/C=C/C=C(\C)[C@H](Nc3cnoc3)C[C@@H]3CCC(C)C(O)(O3)C(=O)C(=O)N3CCCCC3C(=O)O2)CC[C@H]1O. The highest BCUT2D eigenvalue weighted by Crippen LogP contribution is 2.38. The monoisotopic (exact) mass is 953 g/mol. The van der Waals surface area contributed by atoms with E-state index in [1.165, 1.54) is 18.3 Å². The quantitative estimate of drug-likeness (QED) is 0.117. The Labute approximate surface area is 403 Å². The molecule has 2 saturated heterocycles. The first-order valence-corrected chi connectivity index (χ1v) is 24.9. The number of allylic oxidation sites excluding steroid dienone is 5. The number of ketones is 2. The normalized spacial score (nSPS) is 39.1. The maximum Gasteiger partial charge on any atom is 0.329 e. The maximum atomic E-state index is 14.4.